The third kappa shape index (κ3) is 0.878. The second kappa shape index (κ2) is 2.15. The van der Waals surface area contributed by atoms with Crippen LogP contribution in [0.1, 0.15) is 0 Å². The summed E-state index contributed by atoms with van der Waals surface area (Å²) in [5.74, 6) is 0.347. The molecule has 1 aliphatic rings. The van der Waals surface area contributed by atoms with Gasteiger partial charge in [0.15, 0.2) is 0 Å². The first-order valence-corrected chi connectivity index (χ1v) is 3.07. The summed E-state index contributed by atoms with van der Waals surface area (Å²) in [7, 11) is 0. The SMILES string of the molecule is O=c1[nH]cnc2c1NCN=N2. The van der Waals surface area contributed by atoms with E-state index in [-0.39, 0.29) is 5.56 Å². The molecule has 1 aromatic heterocycles. The van der Waals surface area contributed by atoms with Crippen molar-refractivity contribution in [2.75, 3.05) is 12.0 Å². The second-order valence-electron chi connectivity index (χ2n) is 2.01. The molecule has 2 N–H and O–H groups in total. The summed E-state index contributed by atoms with van der Waals surface area (Å²) in [5.41, 5.74) is 0.177. The Hall–Kier alpha value is -1.72. The molecular formula is C5H5N5O. The van der Waals surface area contributed by atoms with Crippen molar-refractivity contribution in [3.8, 4) is 0 Å². The predicted molar refractivity (Wildman–Crippen MR) is 37.9 cm³/mol. The van der Waals surface area contributed by atoms with Gasteiger partial charge in [-0.3, -0.25) is 4.79 Å². The molecular weight excluding hydrogens is 146 g/mol. The van der Waals surface area contributed by atoms with E-state index < -0.39 is 0 Å². The van der Waals surface area contributed by atoms with E-state index in [1.54, 1.807) is 0 Å². The van der Waals surface area contributed by atoms with Gasteiger partial charge in [0.2, 0.25) is 5.82 Å². The lowest BCUT2D eigenvalue weighted by molar-refractivity contribution is 0.935. The Bertz CT molecular complexity index is 354. The molecule has 2 heterocycles. The van der Waals surface area contributed by atoms with Gasteiger partial charge >= 0.3 is 0 Å². The minimum Gasteiger partial charge on any atom is -0.357 e. The van der Waals surface area contributed by atoms with Gasteiger partial charge in [-0.15, -0.1) is 5.11 Å². The number of nitrogens with one attached hydrogen (secondary N) is 2. The summed E-state index contributed by atoms with van der Waals surface area (Å²) >= 11 is 0. The lowest BCUT2D eigenvalue weighted by atomic mass is 10.4. The van der Waals surface area contributed by atoms with Crippen molar-refractivity contribution >= 4 is 11.5 Å². The Kier molecular flexibility index (Phi) is 1.18. The zero-order chi connectivity index (χ0) is 7.68. The van der Waals surface area contributed by atoms with Crippen molar-refractivity contribution in [1.82, 2.24) is 9.97 Å². The Balaban J connectivity index is 2.69. The molecule has 0 fully saturated rings. The van der Waals surface area contributed by atoms with Crippen LogP contribution >= 0.6 is 0 Å². The van der Waals surface area contributed by atoms with E-state index in [4.69, 9.17) is 0 Å². The van der Waals surface area contributed by atoms with Gasteiger partial charge in [0.05, 0.1) is 6.33 Å². The standard InChI is InChI=1S/C5H5N5O/c11-5-3-4(7-1-8-5)10-9-2-6-3/h1,6H,2H2,(H,7,8,11). The maximum atomic E-state index is 11.0. The van der Waals surface area contributed by atoms with Gasteiger partial charge in [-0.2, -0.15) is 5.11 Å². The average Bonchev–Trinajstić information content (AvgIpc) is 2.06. The van der Waals surface area contributed by atoms with Crippen molar-refractivity contribution in [3.63, 3.8) is 0 Å². The van der Waals surface area contributed by atoms with E-state index in [0.717, 1.165) is 0 Å². The molecule has 0 amide bonds. The lowest BCUT2D eigenvalue weighted by Gasteiger charge is -2.06. The first kappa shape index (κ1) is 6.02. The van der Waals surface area contributed by atoms with Crippen molar-refractivity contribution in [1.29, 1.82) is 0 Å². The van der Waals surface area contributed by atoms with Crippen molar-refractivity contribution in [2.45, 2.75) is 0 Å². The van der Waals surface area contributed by atoms with E-state index in [1.807, 2.05) is 0 Å². The van der Waals surface area contributed by atoms with E-state index >= 15 is 0 Å². The largest absolute Gasteiger partial charge is 0.357 e. The Morgan fingerprint density at radius 1 is 1.55 bits per heavy atom. The maximum absolute atomic E-state index is 11.0. The third-order valence-electron chi connectivity index (χ3n) is 1.33. The van der Waals surface area contributed by atoms with Gasteiger partial charge in [-0.1, -0.05) is 0 Å². The number of fused-ring (bicyclic) bond motifs is 1. The molecule has 11 heavy (non-hydrogen) atoms. The smallest absolute Gasteiger partial charge is 0.276 e. The molecule has 2 rings (SSSR count). The van der Waals surface area contributed by atoms with Crippen LogP contribution in [0.2, 0.25) is 0 Å². The molecule has 0 aromatic carbocycles. The number of anilines is 1. The summed E-state index contributed by atoms with van der Waals surface area (Å²) < 4.78 is 0. The highest BCUT2D eigenvalue weighted by Crippen LogP contribution is 2.18. The van der Waals surface area contributed by atoms with Crippen molar-refractivity contribution in [3.05, 3.63) is 16.7 Å². The minimum absolute atomic E-state index is 0.214. The van der Waals surface area contributed by atoms with Crippen LogP contribution in [0.3, 0.4) is 0 Å². The molecule has 0 saturated carbocycles. The molecule has 6 nitrogen and oxygen atoms in total. The minimum atomic E-state index is -0.214. The Morgan fingerprint density at radius 2 is 2.45 bits per heavy atom. The highest BCUT2D eigenvalue weighted by atomic mass is 16.1. The maximum Gasteiger partial charge on any atom is 0.276 e. The van der Waals surface area contributed by atoms with Crippen LogP contribution in [0.15, 0.2) is 21.4 Å². The topological polar surface area (TPSA) is 82.5 Å². The molecule has 0 bridgehead atoms. The third-order valence-corrected chi connectivity index (χ3v) is 1.33. The molecule has 1 aliphatic heterocycles. The van der Waals surface area contributed by atoms with Crippen LogP contribution in [0, 0.1) is 0 Å². The van der Waals surface area contributed by atoms with Crippen LogP contribution in [-0.2, 0) is 0 Å². The van der Waals surface area contributed by atoms with Gasteiger partial charge in [-0.25, -0.2) is 4.98 Å². The van der Waals surface area contributed by atoms with Crippen molar-refractivity contribution in [2.24, 2.45) is 10.2 Å². The first-order chi connectivity index (χ1) is 5.38. The average molecular weight is 151 g/mol. The molecule has 56 valence electrons. The van der Waals surface area contributed by atoms with E-state index in [0.29, 0.717) is 18.2 Å². The number of rotatable bonds is 0. The summed E-state index contributed by atoms with van der Waals surface area (Å²) in [6, 6.07) is 0. The Labute approximate surface area is 61.4 Å². The number of H-pyrrole nitrogens is 1. The van der Waals surface area contributed by atoms with E-state index in [2.05, 4.69) is 25.5 Å². The molecule has 0 atom stereocenters. The Morgan fingerprint density at radius 3 is 3.27 bits per heavy atom. The normalized spacial score (nSPS) is 13.8. The van der Waals surface area contributed by atoms with Crippen molar-refractivity contribution < 1.29 is 0 Å². The number of hydrogen-bond acceptors (Lipinski definition) is 5. The monoisotopic (exact) mass is 151 g/mol. The highest BCUT2D eigenvalue weighted by molar-refractivity contribution is 5.59. The zero-order valence-electron chi connectivity index (χ0n) is 5.53. The van der Waals surface area contributed by atoms with E-state index in [9.17, 15) is 4.79 Å². The van der Waals surface area contributed by atoms with Crippen LogP contribution in [-0.4, -0.2) is 16.6 Å². The molecule has 0 unspecified atom stereocenters. The zero-order valence-corrected chi connectivity index (χ0v) is 5.53. The summed E-state index contributed by atoms with van der Waals surface area (Å²) in [6.45, 7) is 0.335. The van der Waals surface area contributed by atoms with Gasteiger partial charge in [-0.05, 0) is 0 Å². The highest BCUT2D eigenvalue weighted by Gasteiger charge is 2.09. The number of nitrogens with zero attached hydrogens (tertiary/aromatic N) is 3. The molecule has 6 heteroatoms. The number of hydrogen-bond donors (Lipinski definition) is 2. The van der Waals surface area contributed by atoms with E-state index in [1.165, 1.54) is 6.33 Å². The van der Waals surface area contributed by atoms with Crippen LogP contribution in [0.5, 0.6) is 0 Å². The van der Waals surface area contributed by atoms with Gasteiger partial charge in [0.25, 0.3) is 5.56 Å². The number of aromatic nitrogens is 2. The molecule has 0 radical (unpaired) electrons. The van der Waals surface area contributed by atoms with Gasteiger partial charge in [0.1, 0.15) is 12.4 Å². The first-order valence-electron chi connectivity index (χ1n) is 3.07. The quantitative estimate of drug-likeness (QED) is 0.557. The van der Waals surface area contributed by atoms with Crippen LogP contribution < -0.4 is 10.9 Å². The second-order valence-corrected chi connectivity index (χ2v) is 2.01. The fourth-order valence-electron chi connectivity index (χ4n) is 0.842. The van der Waals surface area contributed by atoms with Crippen LogP contribution in [0.25, 0.3) is 0 Å². The van der Waals surface area contributed by atoms with Crippen LogP contribution in [0.4, 0.5) is 11.5 Å². The number of azo groups is 1. The summed E-state index contributed by atoms with van der Waals surface area (Å²) in [4.78, 5) is 17.2. The molecule has 0 aliphatic carbocycles. The van der Waals surface area contributed by atoms with Gasteiger partial charge in [0, 0.05) is 0 Å². The summed E-state index contributed by atoms with van der Waals surface area (Å²) in [6.07, 6.45) is 1.30. The molecule has 0 saturated heterocycles. The molecule has 0 spiro atoms. The lowest BCUT2D eigenvalue weighted by Crippen LogP contribution is -2.16. The molecule has 1 aromatic rings. The summed E-state index contributed by atoms with van der Waals surface area (Å²) in [5, 5.41) is 10.1. The fraction of sp³-hybridized carbons (Fsp3) is 0.200. The predicted octanol–water partition coefficient (Wildman–Crippen LogP) is 0.237. The number of aromatic amines is 1. The fourth-order valence-corrected chi connectivity index (χ4v) is 0.842. The van der Waals surface area contributed by atoms with Gasteiger partial charge < -0.3 is 10.3 Å².